The molecule has 8 heteroatoms. The van der Waals surface area contributed by atoms with E-state index in [9.17, 15) is 14.7 Å². The summed E-state index contributed by atoms with van der Waals surface area (Å²) in [6.45, 7) is 3.07. The standard InChI is InChI=1S/C11H13ClN2O5/c1-5(12)6-3-14(11(18)13-10(6)17)9-2-7(16)8(4-15)19-9/h3,7-9,15-16H,1-2,4H2,(H,13,17,18)/t7-,8+,9+/m0/s1. The Labute approximate surface area is 112 Å². The lowest BCUT2D eigenvalue weighted by molar-refractivity contribution is -0.0459. The third-order valence-electron chi connectivity index (χ3n) is 2.95. The molecule has 7 nitrogen and oxygen atoms in total. The van der Waals surface area contributed by atoms with Gasteiger partial charge in [0.1, 0.15) is 12.3 Å². The van der Waals surface area contributed by atoms with Gasteiger partial charge in [0.15, 0.2) is 0 Å². The van der Waals surface area contributed by atoms with Crippen LogP contribution in [0.2, 0.25) is 0 Å². The Morgan fingerprint density at radius 2 is 2.32 bits per heavy atom. The summed E-state index contributed by atoms with van der Waals surface area (Å²) in [6.07, 6.45) is -1.05. The van der Waals surface area contributed by atoms with Crippen molar-refractivity contribution in [3.8, 4) is 0 Å². The smallest absolute Gasteiger partial charge is 0.330 e. The highest BCUT2D eigenvalue weighted by Crippen LogP contribution is 2.27. The number of nitrogens with one attached hydrogen (secondary N) is 1. The van der Waals surface area contributed by atoms with Gasteiger partial charge in [-0.1, -0.05) is 18.2 Å². The first-order valence-electron chi connectivity index (χ1n) is 5.58. The maximum absolute atomic E-state index is 11.7. The molecule has 0 spiro atoms. The molecule has 1 aliphatic heterocycles. The first-order chi connectivity index (χ1) is 8.93. The first kappa shape index (κ1) is 14.0. The Hall–Kier alpha value is -1.41. The van der Waals surface area contributed by atoms with E-state index in [2.05, 4.69) is 11.6 Å². The van der Waals surface area contributed by atoms with Gasteiger partial charge in [-0.25, -0.2) is 4.79 Å². The van der Waals surface area contributed by atoms with Crippen molar-refractivity contribution in [2.45, 2.75) is 24.9 Å². The van der Waals surface area contributed by atoms with Crippen molar-refractivity contribution in [2.75, 3.05) is 6.61 Å². The zero-order chi connectivity index (χ0) is 14.2. The average molecular weight is 289 g/mol. The normalized spacial score (nSPS) is 26.6. The number of hydrogen-bond donors (Lipinski definition) is 3. The van der Waals surface area contributed by atoms with Crippen molar-refractivity contribution in [2.24, 2.45) is 0 Å². The maximum Gasteiger partial charge on any atom is 0.330 e. The lowest BCUT2D eigenvalue weighted by Crippen LogP contribution is -2.33. The monoisotopic (exact) mass is 288 g/mol. The molecule has 19 heavy (non-hydrogen) atoms. The highest BCUT2D eigenvalue weighted by molar-refractivity contribution is 6.48. The molecule has 3 N–H and O–H groups in total. The van der Waals surface area contributed by atoms with Crippen LogP contribution in [0, 0.1) is 0 Å². The van der Waals surface area contributed by atoms with Crippen molar-refractivity contribution in [1.29, 1.82) is 0 Å². The number of aliphatic hydroxyl groups is 2. The van der Waals surface area contributed by atoms with Gasteiger partial charge in [-0.2, -0.15) is 0 Å². The molecule has 0 aliphatic carbocycles. The molecule has 2 rings (SSSR count). The summed E-state index contributed by atoms with van der Waals surface area (Å²) < 4.78 is 6.45. The second-order valence-electron chi connectivity index (χ2n) is 4.23. The summed E-state index contributed by atoms with van der Waals surface area (Å²) >= 11 is 5.66. The van der Waals surface area contributed by atoms with Gasteiger partial charge in [0.25, 0.3) is 5.56 Å². The summed E-state index contributed by atoms with van der Waals surface area (Å²) in [5.74, 6) is 0. The van der Waals surface area contributed by atoms with E-state index in [0.29, 0.717) is 0 Å². The van der Waals surface area contributed by atoms with Crippen LogP contribution >= 0.6 is 11.6 Å². The molecule has 2 heterocycles. The zero-order valence-electron chi connectivity index (χ0n) is 9.88. The van der Waals surface area contributed by atoms with E-state index in [1.54, 1.807) is 0 Å². The molecule has 1 aromatic heterocycles. The number of ether oxygens (including phenoxy) is 1. The summed E-state index contributed by atoms with van der Waals surface area (Å²) in [5.41, 5.74) is -1.27. The van der Waals surface area contributed by atoms with E-state index in [0.717, 1.165) is 4.57 Å². The fourth-order valence-corrected chi connectivity index (χ4v) is 2.08. The topological polar surface area (TPSA) is 105 Å². The van der Waals surface area contributed by atoms with Crippen LogP contribution in [0.15, 0.2) is 22.4 Å². The van der Waals surface area contributed by atoms with Gasteiger partial charge >= 0.3 is 5.69 Å². The zero-order valence-corrected chi connectivity index (χ0v) is 10.6. The number of aromatic nitrogens is 2. The molecule has 1 fully saturated rings. The largest absolute Gasteiger partial charge is 0.394 e. The van der Waals surface area contributed by atoms with Crippen LogP contribution in [0.25, 0.3) is 5.03 Å². The van der Waals surface area contributed by atoms with Gasteiger partial charge in [-0.05, 0) is 0 Å². The molecule has 0 radical (unpaired) electrons. The lowest BCUT2D eigenvalue weighted by Gasteiger charge is -2.15. The number of H-pyrrole nitrogens is 1. The van der Waals surface area contributed by atoms with E-state index in [4.69, 9.17) is 21.4 Å². The quantitative estimate of drug-likeness (QED) is 0.688. The minimum Gasteiger partial charge on any atom is -0.394 e. The van der Waals surface area contributed by atoms with Crippen LogP contribution in [-0.4, -0.2) is 38.6 Å². The van der Waals surface area contributed by atoms with Crippen molar-refractivity contribution in [3.63, 3.8) is 0 Å². The molecule has 0 aromatic carbocycles. The van der Waals surface area contributed by atoms with E-state index in [-0.39, 0.29) is 23.6 Å². The van der Waals surface area contributed by atoms with Crippen molar-refractivity contribution in [3.05, 3.63) is 39.2 Å². The third kappa shape index (κ3) is 2.64. The third-order valence-corrected chi connectivity index (χ3v) is 3.16. The Bertz CT molecular complexity index is 608. The maximum atomic E-state index is 11.7. The van der Waals surface area contributed by atoms with Gasteiger partial charge in [-0.3, -0.25) is 14.3 Å². The van der Waals surface area contributed by atoms with E-state index in [1.165, 1.54) is 6.20 Å². The number of hydrogen-bond acceptors (Lipinski definition) is 5. The molecular formula is C11H13ClN2O5. The molecule has 0 saturated carbocycles. The van der Waals surface area contributed by atoms with Crippen molar-refractivity contribution < 1.29 is 14.9 Å². The number of aliphatic hydroxyl groups excluding tert-OH is 2. The van der Waals surface area contributed by atoms with E-state index < -0.39 is 29.7 Å². The number of halogens is 1. The van der Waals surface area contributed by atoms with Crippen LogP contribution in [0.1, 0.15) is 18.2 Å². The summed E-state index contributed by atoms with van der Waals surface area (Å²) in [4.78, 5) is 25.3. The van der Waals surface area contributed by atoms with Gasteiger partial charge in [0.05, 0.1) is 18.3 Å². The van der Waals surface area contributed by atoms with Gasteiger partial charge < -0.3 is 14.9 Å². The summed E-state index contributed by atoms with van der Waals surface area (Å²) in [6, 6.07) is 0. The predicted octanol–water partition coefficient (Wildman–Crippen LogP) is -0.613. The van der Waals surface area contributed by atoms with Crippen LogP contribution in [-0.2, 0) is 4.74 Å². The Morgan fingerprint density at radius 1 is 1.63 bits per heavy atom. The highest BCUT2D eigenvalue weighted by Gasteiger charge is 2.35. The van der Waals surface area contributed by atoms with Gasteiger partial charge in [-0.15, -0.1) is 0 Å². The summed E-state index contributed by atoms with van der Waals surface area (Å²) in [7, 11) is 0. The fraction of sp³-hybridized carbons (Fsp3) is 0.455. The fourth-order valence-electron chi connectivity index (χ4n) is 1.94. The van der Waals surface area contributed by atoms with Crippen LogP contribution in [0.4, 0.5) is 0 Å². The van der Waals surface area contributed by atoms with Crippen molar-refractivity contribution >= 4 is 16.6 Å². The van der Waals surface area contributed by atoms with Crippen LogP contribution < -0.4 is 11.2 Å². The van der Waals surface area contributed by atoms with Crippen molar-refractivity contribution in [1.82, 2.24) is 9.55 Å². The van der Waals surface area contributed by atoms with Crippen LogP contribution in [0.5, 0.6) is 0 Å². The van der Waals surface area contributed by atoms with Crippen LogP contribution in [0.3, 0.4) is 0 Å². The Balaban J connectivity index is 2.41. The minimum absolute atomic E-state index is 0.00717. The molecule has 0 bridgehead atoms. The molecule has 104 valence electrons. The Morgan fingerprint density at radius 3 is 2.84 bits per heavy atom. The van der Waals surface area contributed by atoms with E-state index >= 15 is 0 Å². The number of nitrogens with zero attached hydrogens (tertiary/aromatic N) is 1. The highest BCUT2D eigenvalue weighted by atomic mass is 35.5. The second kappa shape index (κ2) is 5.30. The molecule has 1 saturated heterocycles. The summed E-state index contributed by atoms with van der Waals surface area (Å²) in [5, 5.41) is 18.6. The number of aromatic amines is 1. The predicted molar refractivity (Wildman–Crippen MR) is 67.8 cm³/mol. The van der Waals surface area contributed by atoms with Gasteiger partial charge in [0, 0.05) is 17.6 Å². The second-order valence-corrected chi connectivity index (χ2v) is 4.69. The molecular weight excluding hydrogens is 276 g/mol. The molecule has 1 aliphatic rings. The average Bonchev–Trinajstić information content (AvgIpc) is 2.69. The first-order valence-corrected chi connectivity index (χ1v) is 5.96. The molecule has 3 atom stereocenters. The lowest BCUT2D eigenvalue weighted by atomic mass is 10.2. The Kier molecular flexibility index (Phi) is 3.91. The van der Waals surface area contributed by atoms with Gasteiger partial charge in [0.2, 0.25) is 0 Å². The molecule has 0 amide bonds. The molecule has 1 aromatic rings. The number of rotatable bonds is 3. The SMILES string of the molecule is C=C(Cl)c1cn([C@H]2C[C@H](O)[C@@H](CO)O2)c(=O)[nH]c1=O. The molecule has 0 unspecified atom stereocenters. The van der Waals surface area contributed by atoms with E-state index in [1.807, 2.05) is 0 Å². The minimum atomic E-state index is -0.878.